The van der Waals surface area contributed by atoms with Crippen molar-refractivity contribution < 1.29 is 0 Å². The number of likely N-dealkylation sites (N-methyl/N-ethyl adjacent to an activating group) is 1. The summed E-state index contributed by atoms with van der Waals surface area (Å²) in [4.78, 5) is 5.12. The van der Waals surface area contributed by atoms with Crippen LogP contribution in [-0.2, 0) is 0 Å². The van der Waals surface area contributed by atoms with Crippen molar-refractivity contribution in [3.05, 3.63) is 35.9 Å². The minimum atomic E-state index is 0.262. The number of piperazine rings is 1. The van der Waals surface area contributed by atoms with E-state index in [4.69, 9.17) is 0 Å². The van der Waals surface area contributed by atoms with Gasteiger partial charge >= 0.3 is 0 Å². The van der Waals surface area contributed by atoms with Crippen molar-refractivity contribution in [1.29, 1.82) is 0 Å². The van der Waals surface area contributed by atoms with Gasteiger partial charge in [-0.1, -0.05) is 44.2 Å². The van der Waals surface area contributed by atoms with E-state index < -0.39 is 0 Å². The van der Waals surface area contributed by atoms with Crippen LogP contribution in [0.4, 0.5) is 0 Å². The smallest absolute Gasteiger partial charge is 0.0475 e. The second-order valence-corrected chi connectivity index (χ2v) is 7.16. The summed E-state index contributed by atoms with van der Waals surface area (Å²) in [5.74, 6) is 0. The first-order valence-electron chi connectivity index (χ1n) is 8.09. The number of nitrogens with zero attached hydrogens (tertiary/aromatic N) is 2. The molecule has 1 aromatic carbocycles. The van der Waals surface area contributed by atoms with E-state index in [2.05, 4.69) is 80.3 Å². The Hall–Kier alpha value is -0.900. The van der Waals surface area contributed by atoms with E-state index >= 15 is 0 Å². The molecule has 2 rings (SSSR count). The lowest BCUT2D eigenvalue weighted by atomic mass is 9.84. The maximum atomic E-state index is 3.42. The highest BCUT2D eigenvalue weighted by Crippen LogP contribution is 2.30. The predicted octanol–water partition coefficient (Wildman–Crippen LogP) is 2.61. The van der Waals surface area contributed by atoms with Gasteiger partial charge in [0.05, 0.1) is 0 Å². The lowest BCUT2D eigenvalue weighted by Crippen LogP contribution is -2.52. The molecule has 1 heterocycles. The number of rotatable bonds is 5. The van der Waals surface area contributed by atoms with E-state index in [0.29, 0.717) is 12.1 Å². The van der Waals surface area contributed by atoms with Crippen molar-refractivity contribution in [2.45, 2.75) is 32.9 Å². The molecule has 0 aromatic heterocycles. The third kappa shape index (κ3) is 4.06. The van der Waals surface area contributed by atoms with Crippen LogP contribution in [0.1, 0.15) is 32.4 Å². The Balaban J connectivity index is 2.16. The van der Waals surface area contributed by atoms with Crippen LogP contribution < -0.4 is 5.32 Å². The van der Waals surface area contributed by atoms with Crippen LogP contribution >= 0.6 is 0 Å². The fourth-order valence-electron chi connectivity index (χ4n) is 3.19. The maximum absolute atomic E-state index is 3.42. The van der Waals surface area contributed by atoms with Gasteiger partial charge in [-0.05, 0) is 32.0 Å². The highest BCUT2D eigenvalue weighted by Gasteiger charge is 2.33. The van der Waals surface area contributed by atoms with Gasteiger partial charge in [-0.2, -0.15) is 0 Å². The molecule has 1 aromatic rings. The molecule has 0 radical (unpaired) electrons. The molecule has 0 saturated carbocycles. The number of hydrogen-bond donors (Lipinski definition) is 1. The van der Waals surface area contributed by atoms with Crippen LogP contribution in [-0.4, -0.2) is 56.1 Å². The highest BCUT2D eigenvalue weighted by atomic mass is 15.3. The second kappa shape index (κ2) is 6.91. The average molecular weight is 289 g/mol. The van der Waals surface area contributed by atoms with Crippen LogP contribution in [0.2, 0.25) is 0 Å². The number of nitrogens with one attached hydrogen (secondary N) is 1. The van der Waals surface area contributed by atoms with Gasteiger partial charge in [-0.3, -0.25) is 4.90 Å². The lowest BCUT2D eigenvalue weighted by Gasteiger charge is -2.45. The first-order chi connectivity index (χ1) is 9.94. The topological polar surface area (TPSA) is 18.5 Å². The summed E-state index contributed by atoms with van der Waals surface area (Å²) >= 11 is 0. The molecule has 3 nitrogen and oxygen atoms in total. The average Bonchev–Trinajstić information content (AvgIpc) is 2.49. The van der Waals surface area contributed by atoms with Crippen molar-refractivity contribution in [2.75, 3.05) is 40.3 Å². The fourth-order valence-corrected chi connectivity index (χ4v) is 3.19. The van der Waals surface area contributed by atoms with Gasteiger partial charge in [0.25, 0.3) is 0 Å². The van der Waals surface area contributed by atoms with Crippen LogP contribution in [0, 0.1) is 5.41 Å². The Morgan fingerprint density at radius 2 is 1.90 bits per heavy atom. The Kier molecular flexibility index (Phi) is 5.42. The Morgan fingerprint density at radius 1 is 1.24 bits per heavy atom. The standard InChI is InChI=1S/C18H31N3/c1-15(19-4)18(2,3)14-21-12-11-20(5)13-17(21)16-9-7-6-8-10-16/h6-10,15,17,19H,11-14H2,1-5H3. The van der Waals surface area contributed by atoms with Crippen molar-refractivity contribution in [3.8, 4) is 0 Å². The molecule has 0 spiro atoms. The molecule has 1 fully saturated rings. The Morgan fingerprint density at radius 3 is 2.52 bits per heavy atom. The van der Waals surface area contributed by atoms with Crippen molar-refractivity contribution >= 4 is 0 Å². The summed E-state index contributed by atoms with van der Waals surface area (Å²) in [6.45, 7) is 11.6. The molecule has 1 N–H and O–H groups in total. The Bertz CT molecular complexity index is 429. The molecule has 0 aliphatic carbocycles. The zero-order valence-electron chi connectivity index (χ0n) is 14.3. The van der Waals surface area contributed by atoms with Crippen molar-refractivity contribution in [3.63, 3.8) is 0 Å². The first-order valence-corrected chi connectivity index (χ1v) is 8.09. The summed E-state index contributed by atoms with van der Waals surface area (Å²) in [6.07, 6.45) is 0. The van der Waals surface area contributed by atoms with Gasteiger partial charge in [-0.15, -0.1) is 0 Å². The molecule has 1 aliphatic rings. The van der Waals surface area contributed by atoms with Gasteiger partial charge < -0.3 is 10.2 Å². The SMILES string of the molecule is CNC(C)C(C)(C)CN1CCN(C)CC1c1ccccc1. The fraction of sp³-hybridized carbons (Fsp3) is 0.667. The summed E-state index contributed by atoms with van der Waals surface area (Å²) in [5, 5.41) is 3.42. The van der Waals surface area contributed by atoms with Gasteiger partial charge in [0.15, 0.2) is 0 Å². The van der Waals surface area contributed by atoms with Crippen LogP contribution in [0.3, 0.4) is 0 Å². The third-order valence-electron chi connectivity index (χ3n) is 5.09. The van der Waals surface area contributed by atoms with E-state index in [1.54, 1.807) is 0 Å². The van der Waals surface area contributed by atoms with Gasteiger partial charge in [0.1, 0.15) is 0 Å². The van der Waals surface area contributed by atoms with E-state index in [1.165, 1.54) is 5.56 Å². The van der Waals surface area contributed by atoms with E-state index in [0.717, 1.165) is 26.2 Å². The molecule has 21 heavy (non-hydrogen) atoms. The minimum absolute atomic E-state index is 0.262. The summed E-state index contributed by atoms with van der Waals surface area (Å²) < 4.78 is 0. The zero-order valence-corrected chi connectivity index (χ0v) is 14.3. The molecule has 2 unspecified atom stereocenters. The largest absolute Gasteiger partial charge is 0.317 e. The molecule has 1 aliphatic heterocycles. The molecular formula is C18H31N3. The summed E-state index contributed by atoms with van der Waals surface area (Å²) in [6, 6.07) is 12.0. The number of benzene rings is 1. The third-order valence-corrected chi connectivity index (χ3v) is 5.09. The number of hydrogen-bond acceptors (Lipinski definition) is 3. The second-order valence-electron chi connectivity index (χ2n) is 7.16. The lowest BCUT2D eigenvalue weighted by molar-refractivity contribution is 0.0465. The highest BCUT2D eigenvalue weighted by molar-refractivity contribution is 5.20. The monoisotopic (exact) mass is 289 g/mol. The summed E-state index contributed by atoms with van der Waals surface area (Å²) in [7, 11) is 4.29. The Labute approximate surface area is 130 Å². The first kappa shape index (κ1) is 16.5. The molecular weight excluding hydrogens is 258 g/mol. The van der Waals surface area contributed by atoms with Crippen LogP contribution in [0.15, 0.2) is 30.3 Å². The molecule has 3 heteroatoms. The molecule has 2 atom stereocenters. The van der Waals surface area contributed by atoms with E-state index in [-0.39, 0.29) is 5.41 Å². The minimum Gasteiger partial charge on any atom is -0.317 e. The predicted molar refractivity (Wildman–Crippen MR) is 90.6 cm³/mol. The van der Waals surface area contributed by atoms with Crippen LogP contribution in [0.5, 0.6) is 0 Å². The van der Waals surface area contributed by atoms with E-state index in [1.807, 2.05) is 0 Å². The quantitative estimate of drug-likeness (QED) is 0.899. The van der Waals surface area contributed by atoms with Crippen molar-refractivity contribution in [2.24, 2.45) is 5.41 Å². The van der Waals surface area contributed by atoms with Crippen LogP contribution in [0.25, 0.3) is 0 Å². The van der Waals surface area contributed by atoms with Gasteiger partial charge in [0.2, 0.25) is 0 Å². The zero-order chi connectivity index (χ0) is 15.5. The van der Waals surface area contributed by atoms with E-state index in [9.17, 15) is 0 Å². The van der Waals surface area contributed by atoms with Gasteiger partial charge in [-0.25, -0.2) is 0 Å². The normalized spacial score (nSPS) is 23.2. The molecule has 0 bridgehead atoms. The molecule has 118 valence electrons. The molecule has 1 saturated heterocycles. The van der Waals surface area contributed by atoms with Gasteiger partial charge in [0, 0.05) is 38.3 Å². The summed E-state index contributed by atoms with van der Waals surface area (Å²) in [5.41, 5.74) is 1.70. The molecule has 0 amide bonds. The van der Waals surface area contributed by atoms with Crippen molar-refractivity contribution in [1.82, 2.24) is 15.1 Å². The maximum Gasteiger partial charge on any atom is 0.0475 e.